The van der Waals surface area contributed by atoms with E-state index in [1.165, 1.54) is 55.6 Å². The number of primary sulfonamides is 1. The Kier molecular flexibility index (Phi) is 8.61. The van der Waals surface area contributed by atoms with Crippen LogP contribution in [0.1, 0.15) is 13.8 Å². The Bertz CT molecular complexity index is 1110. The van der Waals surface area contributed by atoms with E-state index >= 15 is 0 Å². The number of hydrogen-bond donors (Lipinski definition) is 2. The van der Waals surface area contributed by atoms with E-state index in [0.29, 0.717) is 11.5 Å². The first-order valence-electron chi connectivity index (χ1n) is 9.52. The second-order valence-corrected chi connectivity index (χ2v) is 10.3. The smallest absolute Gasteiger partial charge is 0.324 e. The first-order valence-corrected chi connectivity index (χ1v) is 12.6. The van der Waals surface area contributed by atoms with Gasteiger partial charge in [0.1, 0.15) is 30.8 Å². The number of esters is 1. The van der Waals surface area contributed by atoms with E-state index in [2.05, 4.69) is 4.72 Å². The van der Waals surface area contributed by atoms with Crippen molar-refractivity contribution in [1.82, 2.24) is 4.72 Å². The minimum atomic E-state index is -3.96. The third-order valence-electron chi connectivity index (χ3n) is 4.32. The lowest BCUT2D eigenvalue weighted by Crippen LogP contribution is -2.45. The van der Waals surface area contributed by atoms with Crippen LogP contribution >= 0.6 is 0 Å². The Hall–Kier alpha value is -2.67. The molecule has 32 heavy (non-hydrogen) atoms. The molecule has 2 aromatic carbocycles. The number of benzene rings is 2. The molecule has 0 aromatic heterocycles. The number of hydrogen-bond acceptors (Lipinski definition) is 8. The van der Waals surface area contributed by atoms with E-state index in [-0.39, 0.29) is 28.9 Å². The predicted molar refractivity (Wildman–Crippen MR) is 116 cm³/mol. The number of carbonyl (C=O) groups excluding carboxylic acids is 1. The second kappa shape index (κ2) is 10.8. The normalized spacial score (nSPS) is 12.9. The lowest BCUT2D eigenvalue weighted by atomic mass is 10.1. The molecule has 0 amide bonds. The highest BCUT2D eigenvalue weighted by molar-refractivity contribution is 7.89. The van der Waals surface area contributed by atoms with Crippen LogP contribution in [0, 0.1) is 5.92 Å². The summed E-state index contributed by atoms with van der Waals surface area (Å²) in [5.41, 5.74) is 0. The zero-order valence-corrected chi connectivity index (χ0v) is 19.5. The molecule has 0 aliphatic carbocycles. The predicted octanol–water partition coefficient (Wildman–Crippen LogP) is 1.27. The monoisotopic (exact) mass is 486 g/mol. The zero-order chi connectivity index (χ0) is 23.9. The molecular weight excluding hydrogens is 460 g/mol. The Labute approximate surface area is 187 Å². The maximum atomic E-state index is 12.6. The average Bonchev–Trinajstić information content (AvgIpc) is 2.74. The summed E-state index contributed by atoms with van der Waals surface area (Å²) in [5.74, 6) is -0.260. The number of methoxy groups -OCH3 is 1. The van der Waals surface area contributed by atoms with Crippen LogP contribution in [0.5, 0.6) is 11.5 Å². The van der Waals surface area contributed by atoms with Gasteiger partial charge < -0.3 is 14.2 Å². The third kappa shape index (κ3) is 7.19. The second-order valence-electron chi connectivity index (χ2n) is 7.05. The molecule has 2 rings (SSSR count). The number of carbonyl (C=O) groups is 1. The minimum Gasteiger partial charge on any atom is -0.497 e. The standard InChI is InChI=1S/C20H26N2O8S2/c1-14(2)19(22-32(26,27)18-10-4-15(28-3)5-11-18)20(23)30-13-12-29-16-6-8-17(9-7-16)31(21,24)25/h4-11,14,19,22H,12-13H2,1-3H3,(H2,21,24,25)/t19-/m0/s1. The summed E-state index contributed by atoms with van der Waals surface area (Å²) < 4.78 is 65.7. The third-order valence-corrected chi connectivity index (χ3v) is 6.71. The van der Waals surface area contributed by atoms with Gasteiger partial charge in [0.25, 0.3) is 0 Å². The van der Waals surface area contributed by atoms with E-state index in [4.69, 9.17) is 19.3 Å². The summed E-state index contributed by atoms with van der Waals surface area (Å²) in [7, 11) is -6.29. The largest absolute Gasteiger partial charge is 0.497 e. The van der Waals surface area contributed by atoms with Crippen LogP contribution in [0.3, 0.4) is 0 Å². The molecule has 0 radical (unpaired) electrons. The van der Waals surface area contributed by atoms with Gasteiger partial charge in [-0.05, 0) is 54.4 Å². The molecule has 0 bridgehead atoms. The Morgan fingerprint density at radius 2 is 1.44 bits per heavy atom. The van der Waals surface area contributed by atoms with Crippen molar-refractivity contribution in [2.45, 2.75) is 29.7 Å². The van der Waals surface area contributed by atoms with Gasteiger partial charge in [0, 0.05) is 0 Å². The molecule has 1 atom stereocenters. The van der Waals surface area contributed by atoms with Crippen LogP contribution in [0.2, 0.25) is 0 Å². The van der Waals surface area contributed by atoms with Crippen molar-refractivity contribution >= 4 is 26.0 Å². The summed E-state index contributed by atoms with van der Waals surface area (Å²) in [6.07, 6.45) is 0. The van der Waals surface area contributed by atoms with Crippen molar-refractivity contribution in [3.05, 3.63) is 48.5 Å². The molecule has 3 N–H and O–H groups in total. The Balaban J connectivity index is 1.92. The van der Waals surface area contributed by atoms with Gasteiger partial charge in [0.05, 0.1) is 16.9 Å². The van der Waals surface area contributed by atoms with Gasteiger partial charge in [0.15, 0.2) is 0 Å². The fourth-order valence-corrected chi connectivity index (χ4v) is 4.41. The van der Waals surface area contributed by atoms with E-state index in [9.17, 15) is 21.6 Å². The molecule has 2 aromatic rings. The van der Waals surface area contributed by atoms with E-state index in [0.717, 1.165) is 0 Å². The average molecular weight is 487 g/mol. The van der Waals surface area contributed by atoms with Crippen molar-refractivity contribution in [3.8, 4) is 11.5 Å². The van der Waals surface area contributed by atoms with Gasteiger partial charge in [-0.2, -0.15) is 4.72 Å². The molecule has 0 unspecified atom stereocenters. The number of ether oxygens (including phenoxy) is 3. The minimum absolute atomic E-state index is 0.0111. The van der Waals surface area contributed by atoms with Crippen molar-refractivity contribution in [2.24, 2.45) is 11.1 Å². The first-order chi connectivity index (χ1) is 14.9. The lowest BCUT2D eigenvalue weighted by molar-refractivity contribution is -0.147. The molecule has 0 saturated carbocycles. The maximum absolute atomic E-state index is 12.6. The van der Waals surface area contributed by atoms with E-state index in [1.807, 2.05) is 0 Å². The van der Waals surface area contributed by atoms with Gasteiger partial charge in [-0.15, -0.1) is 0 Å². The summed E-state index contributed by atoms with van der Waals surface area (Å²) in [6, 6.07) is 10.1. The van der Waals surface area contributed by atoms with Crippen molar-refractivity contribution in [3.63, 3.8) is 0 Å². The Morgan fingerprint density at radius 3 is 1.94 bits per heavy atom. The maximum Gasteiger partial charge on any atom is 0.324 e. The molecule has 0 spiro atoms. The molecule has 0 saturated heterocycles. The molecule has 0 aliphatic rings. The molecule has 176 valence electrons. The molecule has 0 aliphatic heterocycles. The Morgan fingerprint density at radius 1 is 0.906 bits per heavy atom. The van der Waals surface area contributed by atoms with Crippen LogP contribution < -0.4 is 19.3 Å². The fourth-order valence-electron chi connectivity index (χ4n) is 2.56. The molecular formula is C20H26N2O8S2. The van der Waals surface area contributed by atoms with Crippen LogP contribution in [-0.4, -0.2) is 49.2 Å². The van der Waals surface area contributed by atoms with Gasteiger partial charge in [-0.3, -0.25) is 4.79 Å². The highest BCUT2D eigenvalue weighted by Gasteiger charge is 2.29. The highest BCUT2D eigenvalue weighted by Crippen LogP contribution is 2.18. The van der Waals surface area contributed by atoms with Crippen molar-refractivity contribution < 1.29 is 35.8 Å². The van der Waals surface area contributed by atoms with Gasteiger partial charge in [-0.1, -0.05) is 13.8 Å². The molecule has 0 heterocycles. The van der Waals surface area contributed by atoms with E-state index < -0.39 is 32.1 Å². The molecule has 12 heteroatoms. The van der Waals surface area contributed by atoms with Gasteiger partial charge in [-0.25, -0.2) is 22.0 Å². The molecule has 10 nitrogen and oxygen atoms in total. The number of rotatable bonds is 11. The number of sulfonamides is 2. The van der Waals surface area contributed by atoms with Crippen molar-refractivity contribution in [2.75, 3.05) is 20.3 Å². The highest BCUT2D eigenvalue weighted by atomic mass is 32.2. The summed E-state index contributed by atoms with van der Waals surface area (Å²) in [4.78, 5) is 12.4. The summed E-state index contributed by atoms with van der Waals surface area (Å²) >= 11 is 0. The van der Waals surface area contributed by atoms with Gasteiger partial charge in [0.2, 0.25) is 20.0 Å². The fraction of sp³-hybridized carbons (Fsp3) is 0.350. The van der Waals surface area contributed by atoms with E-state index in [1.54, 1.807) is 13.8 Å². The van der Waals surface area contributed by atoms with Crippen LogP contribution in [0.25, 0.3) is 0 Å². The van der Waals surface area contributed by atoms with Crippen LogP contribution in [-0.2, 0) is 29.6 Å². The van der Waals surface area contributed by atoms with Crippen LogP contribution in [0.4, 0.5) is 0 Å². The summed E-state index contributed by atoms with van der Waals surface area (Å²) in [6.45, 7) is 3.22. The van der Waals surface area contributed by atoms with Gasteiger partial charge >= 0.3 is 5.97 Å². The SMILES string of the molecule is COc1ccc(S(=O)(=O)N[C@H](C(=O)OCCOc2ccc(S(N)(=O)=O)cc2)C(C)C)cc1. The zero-order valence-electron chi connectivity index (χ0n) is 17.8. The first kappa shape index (κ1) is 25.6. The van der Waals surface area contributed by atoms with Crippen molar-refractivity contribution in [1.29, 1.82) is 0 Å². The number of nitrogens with one attached hydrogen (secondary N) is 1. The quantitative estimate of drug-likeness (QED) is 0.356. The summed E-state index contributed by atoms with van der Waals surface area (Å²) in [5, 5.41) is 5.03. The lowest BCUT2D eigenvalue weighted by Gasteiger charge is -2.21. The number of nitrogens with two attached hydrogens (primary N) is 1. The molecule has 0 fully saturated rings. The topological polar surface area (TPSA) is 151 Å². The van der Waals surface area contributed by atoms with Crippen LogP contribution in [0.15, 0.2) is 58.3 Å².